The molecule has 1 aromatic heterocycles. The summed E-state index contributed by atoms with van der Waals surface area (Å²) < 4.78 is 28.7. The molecule has 2 amide bonds. The van der Waals surface area contributed by atoms with Gasteiger partial charge in [-0.25, -0.2) is 13.2 Å². The van der Waals surface area contributed by atoms with E-state index in [4.69, 9.17) is 4.74 Å². The molecule has 0 saturated carbocycles. The molecule has 0 atom stereocenters. The maximum Gasteiger partial charge on any atom is 0.341 e. The molecule has 0 spiro atoms. The number of ether oxygens (including phenoxy) is 1. The van der Waals surface area contributed by atoms with E-state index >= 15 is 0 Å². The van der Waals surface area contributed by atoms with Crippen molar-refractivity contribution in [1.82, 2.24) is 0 Å². The van der Waals surface area contributed by atoms with Gasteiger partial charge in [-0.3, -0.25) is 9.59 Å². The highest BCUT2D eigenvalue weighted by molar-refractivity contribution is 7.92. The van der Waals surface area contributed by atoms with Gasteiger partial charge in [0.05, 0.1) is 22.8 Å². The van der Waals surface area contributed by atoms with Gasteiger partial charge >= 0.3 is 5.97 Å². The summed E-state index contributed by atoms with van der Waals surface area (Å²) in [5.41, 5.74) is 0.916. The number of anilines is 2. The number of thiophene rings is 1. The third-order valence-corrected chi connectivity index (χ3v) is 6.49. The molecule has 2 N–H and O–H groups in total. The van der Waals surface area contributed by atoms with Crippen LogP contribution >= 0.6 is 11.3 Å². The van der Waals surface area contributed by atoms with Gasteiger partial charge in [0.15, 0.2) is 9.84 Å². The van der Waals surface area contributed by atoms with Crippen LogP contribution in [0, 0.1) is 6.92 Å². The zero-order valence-electron chi connectivity index (χ0n) is 16.6. The number of carbonyl (C=O) groups excluding carboxylic acids is 3. The Labute approximate surface area is 178 Å². The first-order valence-corrected chi connectivity index (χ1v) is 11.6. The van der Waals surface area contributed by atoms with E-state index in [1.165, 1.54) is 6.08 Å². The number of amides is 2. The Morgan fingerprint density at radius 2 is 1.83 bits per heavy atom. The molecule has 2 rings (SSSR count). The smallest absolute Gasteiger partial charge is 0.341 e. The van der Waals surface area contributed by atoms with Crippen LogP contribution in [-0.2, 0) is 19.4 Å². The number of hydrogen-bond acceptors (Lipinski definition) is 7. The first kappa shape index (κ1) is 23.3. The van der Waals surface area contributed by atoms with Gasteiger partial charge < -0.3 is 15.4 Å². The van der Waals surface area contributed by atoms with E-state index in [1.54, 1.807) is 44.2 Å². The lowest BCUT2D eigenvalue weighted by Crippen LogP contribution is -2.24. The molecule has 160 valence electrons. The topological polar surface area (TPSA) is 119 Å². The maximum atomic E-state index is 12.7. The molecule has 0 fully saturated rings. The second kappa shape index (κ2) is 10.2. The molecule has 8 nitrogen and oxygen atoms in total. The van der Waals surface area contributed by atoms with Gasteiger partial charge in [0.1, 0.15) is 10.8 Å². The Hall–Kier alpha value is -2.98. The molecule has 1 aromatic carbocycles. The van der Waals surface area contributed by atoms with Crippen molar-refractivity contribution in [2.45, 2.75) is 13.8 Å². The number of nitrogens with one attached hydrogen (secondary N) is 2. The lowest BCUT2D eigenvalue weighted by Gasteiger charge is -2.07. The lowest BCUT2D eigenvalue weighted by molar-refractivity contribution is -0.113. The highest BCUT2D eigenvalue weighted by Crippen LogP contribution is 2.34. The summed E-state index contributed by atoms with van der Waals surface area (Å²) in [7, 11) is -3.68. The van der Waals surface area contributed by atoms with Crippen LogP contribution in [0.15, 0.2) is 43.0 Å². The number of carbonyl (C=O) groups is 3. The van der Waals surface area contributed by atoms with Crippen LogP contribution in [0.1, 0.15) is 32.5 Å². The minimum absolute atomic E-state index is 0.0227. The van der Waals surface area contributed by atoms with Crippen LogP contribution in [0.5, 0.6) is 0 Å². The highest BCUT2D eigenvalue weighted by Gasteiger charge is 2.27. The molecular formula is C20H22N2O6S2. The van der Waals surface area contributed by atoms with E-state index in [-0.39, 0.29) is 27.8 Å². The predicted octanol–water partition coefficient (Wildman–Crippen LogP) is 3.02. The van der Waals surface area contributed by atoms with Crippen LogP contribution in [0.4, 0.5) is 10.7 Å². The standard InChI is InChI=1S/C20H22N2O6S2/c1-4-11-30(26,27)12-15(23)22-19-16(20(25)28-5-2)13(3)17(29-19)18(24)21-14-9-7-6-8-10-14/h4,6-10H,1,5,11-12H2,2-3H3,(H,21,24)(H,22,23). The summed E-state index contributed by atoms with van der Waals surface area (Å²) >= 11 is 0.876. The number of rotatable bonds is 9. The second-order valence-electron chi connectivity index (χ2n) is 6.19. The highest BCUT2D eigenvalue weighted by atomic mass is 32.2. The van der Waals surface area contributed by atoms with E-state index < -0.39 is 33.4 Å². The lowest BCUT2D eigenvalue weighted by atomic mass is 10.1. The van der Waals surface area contributed by atoms with Crippen LogP contribution in [0.2, 0.25) is 0 Å². The van der Waals surface area contributed by atoms with Gasteiger partial charge in [-0.1, -0.05) is 24.3 Å². The summed E-state index contributed by atoms with van der Waals surface area (Å²) in [5, 5.41) is 5.21. The van der Waals surface area contributed by atoms with Crippen molar-refractivity contribution in [2.75, 3.05) is 28.7 Å². The van der Waals surface area contributed by atoms with Crippen molar-refractivity contribution < 1.29 is 27.5 Å². The second-order valence-corrected chi connectivity index (χ2v) is 9.32. The van der Waals surface area contributed by atoms with E-state index in [0.29, 0.717) is 11.3 Å². The Kier molecular flexibility index (Phi) is 7.90. The molecule has 0 radical (unpaired) electrons. The molecule has 0 aliphatic rings. The fraction of sp³-hybridized carbons (Fsp3) is 0.250. The SMILES string of the molecule is C=CCS(=O)(=O)CC(=O)Nc1sc(C(=O)Nc2ccccc2)c(C)c1C(=O)OCC. The third-order valence-electron chi connectivity index (χ3n) is 3.84. The Morgan fingerprint density at radius 1 is 1.17 bits per heavy atom. The molecule has 0 saturated heterocycles. The van der Waals surface area contributed by atoms with Gasteiger partial charge in [0.2, 0.25) is 5.91 Å². The molecule has 2 aromatic rings. The van der Waals surface area contributed by atoms with Crippen LogP contribution < -0.4 is 10.6 Å². The van der Waals surface area contributed by atoms with Gasteiger partial charge in [0, 0.05) is 5.69 Å². The first-order chi connectivity index (χ1) is 14.2. The van der Waals surface area contributed by atoms with E-state index in [0.717, 1.165) is 11.3 Å². The maximum absolute atomic E-state index is 12.7. The third kappa shape index (κ3) is 6.01. The molecule has 0 aliphatic carbocycles. The van der Waals surface area contributed by atoms with E-state index in [9.17, 15) is 22.8 Å². The minimum atomic E-state index is -3.68. The summed E-state index contributed by atoms with van der Waals surface area (Å²) in [4.78, 5) is 37.6. The van der Waals surface area contributed by atoms with Crippen molar-refractivity contribution in [3.8, 4) is 0 Å². The van der Waals surface area contributed by atoms with Crippen molar-refractivity contribution in [3.63, 3.8) is 0 Å². The van der Waals surface area contributed by atoms with Crippen molar-refractivity contribution in [2.24, 2.45) is 0 Å². The number of esters is 1. The molecule has 0 unspecified atom stereocenters. The number of para-hydroxylation sites is 1. The summed E-state index contributed by atoms with van der Waals surface area (Å²) in [6.07, 6.45) is 1.19. The molecular weight excluding hydrogens is 428 g/mol. The van der Waals surface area contributed by atoms with Crippen molar-refractivity contribution >= 4 is 49.6 Å². The number of hydrogen-bond donors (Lipinski definition) is 2. The Morgan fingerprint density at radius 3 is 2.43 bits per heavy atom. The van der Waals surface area contributed by atoms with Crippen LogP contribution in [0.25, 0.3) is 0 Å². The van der Waals surface area contributed by atoms with Crippen molar-refractivity contribution in [1.29, 1.82) is 0 Å². The molecule has 1 heterocycles. The fourth-order valence-electron chi connectivity index (χ4n) is 2.58. The molecule has 0 bridgehead atoms. The quantitative estimate of drug-likeness (QED) is 0.448. The largest absolute Gasteiger partial charge is 0.462 e. The first-order valence-electron chi connectivity index (χ1n) is 8.96. The molecule has 10 heteroatoms. The molecule has 30 heavy (non-hydrogen) atoms. The van der Waals surface area contributed by atoms with Gasteiger partial charge in [-0.2, -0.15) is 0 Å². The Bertz CT molecular complexity index is 1060. The average molecular weight is 451 g/mol. The van der Waals surface area contributed by atoms with Gasteiger partial charge in [0.25, 0.3) is 5.91 Å². The molecule has 0 aliphatic heterocycles. The summed E-state index contributed by atoms with van der Waals surface area (Å²) in [6.45, 7) is 6.64. The fourth-order valence-corrected chi connectivity index (χ4v) is 4.63. The van der Waals surface area contributed by atoms with Gasteiger partial charge in [-0.05, 0) is 31.5 Å². The van der Waals surface area contributed by atoms with Crippen LogP contribution in [0.3, 0.4) is 0 Å². The van der Waals surface area contributed by atoms with E-state index in [1.807, 2.05) is 0 Å². The normalized spacial score (nSPS) is 10.9. The van der Waals surface area contributed by atoms with Crippen molar-refractivity contribution in [3.05, 3.63) is 59.0 Å². The summed E-state index contributed by atoms with van der Waals surface area (Å²) in [6, 6.07) is 8.74. The predicted molar refractivity (Wildman–Crippen MR) is 117 cm³/mol. The zero-order valence-corrected chi connectivity index (χ0v) is 18.2. The number of sulfone groups is 1. The number of benzene rings is 1. The average Bonchev–Trinajstić information content (AvgIpc) is 2.98. The monoisotopic (exact) mass is 450 g/mol. The zero-order chi connectivity index (χ0) is 22.3. The Balaban J connectivity index is 2.35. The summed E-state index contributed by atoms with van der Waals surface area (Å²) in [5.74, 6) is -3.12. The van der Waals surface area contributed by atoms with Crippen LogP contribution in [-0.4, -0.2) is 44.3 Å². The van der Waals surface area contributed by atoms with E-state index in [2.05, 4.69) is 17.2 Å². The minimum Gasteiger partial charge on any atom is -0.462 e. The van der Waals surface area contributed by atoms with Gasteiger partial charge in [-0.15, -0.1) is 17.9 Å².